The van der Waals surface area contributed by atoms with E-state index in [9.17, 15) is 27.6 Å². The lowest BCUT2D eigenvalue weighted by Crippen LogP contribution is -2.48. The number of ether oxygens (including phenoxy) is 1. The van der Waals surface area contributed by atoms with Crippen LogP contribution in [0.25, 0.3) is 22.2 Å². The summed E-state index contributed by atoms with van der Waals surface area (Å²) in [4.78, 5) is 83.7. The normalized spacial score (nSPS) is 17.4. The Morgan fingerprint density at radius 2 is 1.66 bits per heavy atom. The fourth-order valence-corrected chi connectivity index (χ4v) is 9.02. The largest absolute Gasteiger partial charge is 0.483 e. The maximum absolute atomic E-state index is 15.6. The Labute approximate surface area is 383 Å². The average Bonchev–Trinajstić information content (AvgIpc) is 3.75. The third kappa shape index (κ3) is 11.4. The standard InChI is InChI=1S/C43H47F2N11O7S.CH2O2/c1-3-54(2)64(61,62)53-34-7-5-32(44)38(39(34)45)40(59)31-23-48-41-30(31)18-26(19-47-41)27-20-49-43(50-21-27)56-16-12-28(13-17-56)51-37(58)24-55-14-10-25(11-15-55)33-6-4-29(22-46-33)63-35-8-9-36(57)52-42(35)60;2-1-3/h4-7,18-23,25,28,35,53H,3,8-17,24H2,1-2H3,(H,47,48)(H,51,58)(H,52,57,60);1H,(H,2,3). The molecule has 20 nitrogen and oxygen atoms in total. The number of imide groups is 1. The van der Waals surface area contributed by atoms with Crippen molar-refractivity contribution < 1.29 is 51.0 Å². The highest BCUT2D eigenvalue weighted by Crippen LogP contribution is 2.31. The lowest BCUT2D eigenvalue weighted by Gasteiger charge is -2.34. The minimum atomic E-state index is -4.15. The van der Waals surface area contributed by atoms with Crippen molar-refractivity contribution in [2.24, 2.45) is 0 Å². The molecule has 67 heavy (non-hydrogen) atoms. The first-order valence-electron chi connectivity index (χ1n) is 21.5. The van der Waals surface area contributed by atoms with Crippen LogP contribution in [0, 0.1) is 11.6 Å². The maximum Gasteiger partial charge on any atom is 0.301 e. The van der Waals surface area contributed by atoms with Crippen LogP contribution in [0.15, 0.2) is 61.3 Å². The van der Waals surface area contributed by atoms with E-state index in [1.807, 2.05) is 11.0 Å². The first-order valence-corrected chi connectivity index (χ1v) is 23.0. The number of hydrogen-bond donors (Lipinski definition) is 5. The molecule has 5 aromatic rings. The number of piperidine rings is 3. The maximum atomic E-state index is 15.6. The zero-order chi connectivity index (χ0) is 47.8. The van der Waals surface area contributed by atoms with E-state index in [1.165, 1.54) is 13.2 Å². The Kier molecular flexibility index (Phi) is 15.1. The number of H-pyrrole nitrogens is 1. The molecule has 4 aromatic heterocycles. The first kappa shape index (κ1) is 48.0. The number of amides is 3. The number of nitrogens with zero attached hydrogens (tertiary/aromatic N) is 7. The Bertz CT molecular complexity index is 2730. The van der Waals surface area contributed by atoms with E-state index in [4.69, 9.17) is 14.6 Å². The van der Waals surface area contributed by atoms with E-state index in [0.29, 0.717) is 67.4 Å². The number of nitrogens with one attached hydrogen (secondary N) is 4. The molecular formula is C44H49F2N11O9S. The number of likely N-dealkylation sites (tertiary alicyclic amines) is 1. The number of aromatic amines is 1. The SMILES string of the molecule is CCN(C)S(=O)(=O)Nc1ccc(F)c(C(=O)c2c[nH]c3ncc(-c4cnc(N5CCC(NC(=O)CN6CCC(c7ccc(OC8CCC(=O)NC8=O)cn7)CC6)CC5)nc4)cc23)c1F.O=CO. The monoisotopic (exact) mass is 945 g/mol. The molecule has 23 heteroatoms. The number of carbonyl (C=O) groups excluding carboxylic acids is 4. The smallest absolute Gasteiger partial charge is 0.301 e. The zero-order valence-electron chi connectivity index (χ0n) is 36.6. The van der Waals surface area contributed by atoms with Gasteiger partial charge in [0, 0.05) is 104 Å². The topological polar surface area (TPSA) is 262 Å². The van der Waals surface area contributed by atoms with Gasteiger partial charge in [-0.25, -0.2) is 23.7 Å². The molecule has 3 saturated heterocycles. The Hall–Kier alpha value is -6.98. The summed E-state index contributed by atoms with van der Waals surface area (Å²) < 4.78 is 64.5. The summed E-state index contributed by atoms with van der Waals surface area (Å²) in [6.45, 7) is 4.53. The molecular weight excluding hydrogens is 897 g/mol. The third-order valence-electron chi connectivity index (χ3n) is 11.9. The summed E-state index contributed by atoms with van der Waals surface area (Å²) >= 11 is 0. The predicted octanol–water partition coefficient (Wildman–Crippen LogP) is 3.38. The van der Waals surface area contributed by atoms with Crippen LogP contribution in [0.5, 0.6) is 5.75 Å². The second-order valence-corrected chi connectivity index (χ2v) is 18.0. The van der Waals surface area contributed by atoms with Gasteiger partial charge in [0.25, 0.3) is 12.4 Å². The number of hydrogen-bond acceptors (Lipinski definition) is 14. The third-order valence-corrected chi connectivity index (χ3v) is 13.5. The number of anilines is 2. The van der Waals surface area contributed by atoms with Gasteiger partial charge in [-0.1, -0.05) is 6.92 Å². The van der Waals surface area contributed by atoms with Crippen LogP contribution in [-0.2, 0) is 29.4 Å². The summed E-state index contributed by atoms with van der Waals surface area (Å²) in [5.74, 6) is -3.02. The first-order chi connectivity index (χ1) is 32.2. The Morgan fingerprint density at radius 1 is 0.955 bits per heavy atom. The molecule has 1 aromatic carbocycles. The van der Waals surface area contributed by atoms with Gasteiger partial charge in [-0.3, -0.25) is 43.9 Å². The summed E-state index contributed by atoms with van der Waals surface area (Å²) in [6, 6.07) is 7.11. The van der Waals surface area contributed by atoms with Gasteiger partial charge in [-0.15, -0.1) is 0 Å². The molecule has 3 amide bonds. The number of halogens is 2. The van der Waals surface area contributed by atoms with E-state index >= 15 is 8.78 Å². The van der Waals surface area contributed by atoms with E-state index in [1.54, 1.807) is 43.8 Å². The number of carbonyl (C=O) groups is 5. The van der Waals surface area contributed by atoms with Crippen LogP contribution < -0.4 is 25.0 Å². The summed E-state index contributed by atoms with van der Waals surface area (Å²) in [5, 5.41) is 12.7. The number of carboxylic acid groups (broad SMARTS) is 1. The van der Waals surface area contributed by atoms with Crippen LogP contribution in [0.2, 0.25) is 0 Å². The van der Waals surface area contributed by atoms with Crippen LogP contribution in [0.4, 0.5) is 20.4 Å². The molecule has 3 fully saturated rings. The molecule has 0 aliphatic carbocycles. The van der Waals surface area contributed by atoms with E-state index in [2.05, 4.69) is 45.2 Å². The minimum absolute atomic E-state index is 0.0122. The van der Waals surface area contributed by atoms with Crippen molar-refractivity contribution in [1.82, 2.24) is 44.8 Å². The van der Waals surface area contributed by atoms with Gasteiger partial charge >= 0.3 is 10.2 Å². The van der Waals surface area contributed by atoms with Crippen molar-refractivity contribution in [1.29, 1.82) is 0 Å². The Morgan fingerprint density at radius 3 is 2.31 bits per heavy atom. The van der Waals surface area contributed by atoms with E-state index in [0.717, 1.165) is 48.1 Å². The van der Waals surface area contributed by atoms with Crippen LogP contribution >= 0.6 is 0 Å². The van der Waals surface area contributed by atoms with Crippen LogP contribution in [0.1, 0.15) is 73.0 Å². The second-order valence-electron chi connectivity index (χ2n) is 16.2. The van der Waals surface area contributed by atoms with Crippen molar-refractivity contribution in [2.75, 3.05) is 55.9 Å². The fraction of sp³-hybridized carbons (Fsp3) is 0.386. The van der Waals surface area contributed by atoms with E-state index in [-0.39, 0.29) is 54.2 Å². The van der Waals surface area contributed by atoms with Crippen molar-refractivity contribution in [3.63, 3.8) is 0 Å². The quantitative estimate of drug-likeness (QED) is 0.0607. The van der Waals surface area contributed by atoms with Gasteiger partial charge in [-0.05, 0) is 69.1 Å². The molecule has 0 saturated carbocycles. The summed E-state index contributed by atoms with van der Waals surface area (Å²) in [6.07, 6.45) is 10.7. The fourth-order valence-electron chi connectivity index (χ4n) is 8.08. The van der Waals surface area contributed by atoms with Crippen molar-refractivity contribution in [3.05, 3.63) is 89.8 Å². The highest BCUT2D eigenvalue weighted by molar-refractivity contribution is 7.90. The zero-order valence-corrected chi connectivity index (χ0v) is 37.4. The number of fused-ring (bicyclic) bond motifs is 1. The van der Waals surface area contributed by atoms with Crippen molar-refractivity contribution in [2.45, 2.75) is 63.5 Å². The van der Waals surface area contributed by atoms with Crippen molar-refractivity contribution in [3.8, 4) is 16.9 Å². The molecule has 0 radical (unpaired) electrons. The Balaban J connectivity index is 0.00000216. The molecule has 7 heterocycles. The van der Waals surface area contributed by atoms with Crippen LogP contribution in [-0.4, -0.2) is 136 Å². The number of pyridine rings is 2. The van der Waals surface area contributed by atoms with Gasteiger partial charge < -0.3 is 25.0 Å². The molecule has 1 atom stereocenters. The van der Waals surface area contributed by atoms with Gasteiger partial charge in [0.1, 0.15) is 17.2 Å². The molecule has 1 unspecified atom stereocenters. The number of benzene rings is 1. The molecule has 5 N–H and O–H groups in total. The lowest BCUT2D eigenvalue weighted by atomic mass is 9.93. The number of aromatic nitrogens is 5. The molecule has 3 aliphatic rings. The minimum Gasteiger partial charge on any atom is -0.483 e. The van der Waals surface area contributed by atoms with E-state index < -0.39 is 50.9 Å². The average molecular weight is 946 g/mol. The molecule has 354 valence electrons. The van der Waals surface area contributed by atoms with Crippen molar-refractivity contribution >= 4 is 62.9 Å². The van der Waals surface area contributed by atoms with Gasteiger partial charge in [0.15, 0.2) is 11.9 Å². The highest BCUT2D eigenvalue weighted by atomic mass is 32.2. The van der Waals surface area contributed by atoms with Gasteiger partial charge in [0.2, 0.25) is 23.5 Å². The summed E-state index contributed by atoms with van der Waals surface area (Å²) in [5.41, 5.74) is 0.814. The lowest BCUT2D eigenvalue weighted by molar-refractivity contribution is -0.139. The summed E-state index contributed by atoms with van der Waals surface area (Å²) in [7, 11) is -2.86. The number of rotatable bonds is 14. The number of ketones is 1. The molecule has 0 spiro atoms. The second kappa shape index (κ2) is 21.1. The van der Waals surface area contributed by atoms with Gasteiger partial charge in [-0.2, -0.15) is 12.7 Å². The highest BCUT2D eigenvalue weighted by Gasteiger charge is 2.30. The van der Waals surface area contributed by atoms with Gasteiger partial charge in [0.05, 0.1) is 24.0 Å². The predicted molar refractivity (Wildman–Crippen MR) is 239 cm³/mol. The molecule has 3 aliphatic heterocycles. The van der Waals surface area contributed by atoms with Crippen LogP contribution in [0.3, 0.4) is 0 Å². The molecule has 0 bridgehead atoms. The molecule has 8 rings (SSSR count).